The van der Waals surface area contributed by atoms with E-state index in [1.807, 2.05) is 0 Å². The van der Waals surface area contributed by atoms with E-state index in [-0.39, 0.29) is 0 Å². The number of hydrogen-bond donors (Lipinski definition) is 1. The Morgan fingerprint density at radius 3 is 2.60 bits per heavy atom. The molecule has 0 radical (unpaired) electrons. The summed E-state index contributed by atoms with van der Waals surface area (Å²) in [6, 6.07) is 0. The van der Waals surface area contributed by atoms with E-state index in [0.29, 0.717) is 0 Å². The summed E-state index contributed by atoms with van der Waals surface area (Å²) in [6.45, 7) is 4.40. The molecule has 0 spiro atoms. The van der Waals surface area contributed by atoms with Crippen molar-refractivity contribution in [2.75, 3.05) is 6.54 Å². The molecule has 0 aromatic rings. The molecule has 0 atom stereocenters. The molecule has 26 valence electrons. The van der Waals surface area contributed by atoms with Gasteiger partial charge in [-0.25, -0.2) is 0 Å². The van der Waals surface area contributed by atoms with E-state index >= 15 is 0 Å². The molecule has 1 rings (SSSR count). The second kappa shape index (κ2) is 0.631. The zero-order chi connectivity index (χ0) is 3.70. The van der Waals surface area contributed by atoms with Gasteiger partial charge in [-0.15, -0.1) is 5.73 Å². The first kappa shape index (κ1) is 2.55. The van der Waals surface area contributed by atoms with Gasteiger partial charge in [-0.1, -0.05) is 6.58 Å². The first-order valence-corrected chi connectivity index (χ1v) is 1.56. The normalized spacial score (nSPS) is 16.4. The molecule has 0 aromatic heterocycles. The molecule has 0 aliphatic carbocycles. The highest BCUT2D eigenvalue weighted by Crippen LogP contribution is 1.94. The van der Waals surface area contributed by atoms with Crippen LogP contribution in [-0.2, 0) is 0 Å². The van der Waals surface area contributed by atoms with Crippen LogP contribution < -0.4 is 5.32 Å². The summed E-state index contributed by atoms with van der Waals surface area (Å²) in [5, 5.41) is 2.93. The van der Waals surface area contributed by atoms with Crippen molar-refractivity contribution in [1.29, 1.82) is 0 Å². The van der Waals surface area contributed by atoms with Crippen LogP contribution in [0.3, 0.4) is 0 Å². The molecule has 0 aromatic carbocycles. The van der Waals surface area contributed by atoms with Crippen molar-refractivity contribution >= 4 is 0 Å². The molecule has 0 amide bonds. The Bertz CT molecular complexity index is 81.8. The van der Waals surface area contributed by atoms with Gasteiger partial charge < -0.3 is 5.32 Å². The van der Waals surface area contributed by atoms with Gasteiger partial charge in [-0.2, -0.15) is 0 Å². The van der Waals surface area contributed by atoms with E-state index in [4.69, 9.17) is 0 Å². The zero-order valence-corrected chi connectivity index (χ0v) is 2.91. The smallest absolute Gasteiger partial charge is 0.0730 e. The lowest BCUT2D eigenvalue weighted by atomic mass is 10.7. The van der Waals surface area contributed by atoms with Crippen molar-refractivity contribution in [3.8, 4) is 0 Å². The van der Waals surface area contributed by atoms with Crippen LogP contribution in [0.4, 0.5) is 0 Å². The summed E-state index contributed by atoms with van der Waals surface area (Å²) in [7, 11) is 0. The average Bonchev–Trinajstić information content (AvgIpc) is 2.12. The van der Waals surface area contributed by atoms with Gasteiger partial charge >= 0.3 is 0 Å². The van der Waals surface area contributed by atoms with E-state index in [1.54, 1.807) is 0 Å². The van der Waals surface area contributed by atoms with Gasteiger partial charge in [0.05, 0.1) is 12.2 Å². The topological polar surface area (TPSA) is 21.9 Å². The van der Waals surface area contributed by atoms with Gasteiger partial charge in [-0.05, 0) is 0 Å². The molecule has 0 saturated carbocycles. The lowest BCUT2D eigenvalue weighted by molar-refractivity contribution is 1.38. The van der Waals surface area contributed by atoms with Gasteiger partial charge in [-0.3, -0.25) is 0 Å². The fraction of sp³-hybridized carbons (Fsp3) is 0.250. The van der Waals surface area contributed by atoms with E-state index in [2.05, 4.69) is 17.6 Å². The summed E-state index contributed by atoms with van der Waals surface area (Å²) >= 11 is 0. The highest BCUT2D eigenvalue weighted by Gasteiger charge is 2.04. The maximum atomic E-state index is 3.40. The first-order valence-electron chi connectivity index (χ1n) is 1.56. The summed E-state index contributed by atoms with van der Waals surface area (Å²) in [4.78, 5) is 0. The van der Waals surface area contributed by atoms with Gasteiger partial charge in [0.15, 0.2) is 0 Å². The Kier molecular flexibility index (Phi) is 0.322. The van der Waals surface area contributed by atoms with Crippen molar-refractivity contribution in [2.45, 2.75) is 0 Å². The van der Waals surface area contributed by atoms with Crippen LogP contribution in [-0.4, -0.2) is 6.54 Å². The van der Waals surface area contributed by atoms with Crippen LogP contribution in [0.25, 0.3) is 0 Å². The van der Waals surface area contributed by atoms with E-state index < -0.39 is 0 Å². The second-order valence-corrected chi connectivity index (χ2v) is 1.01. The highest BCUT2D eigenvalue weighted by molar-refractivity contribution is 5.12. The molecule has 1 nitrogen and oxygen atoms in total. The van der Waals surface area contributed by atoms with Crippen LogP contribution in [0, 0.1) is 0 Å². The SMILES string of the molecule is C=C=C1CN1. The van der Waals surface area contributed by atoms with Crippen molar-refractivity contribution in [3.63, 3.8) is 0 Å². The molecule has 1 N–H and O–H groups in total. The zero-order valence-electron chi connectivity index (χ0n) is 2.91. The molecule has 5 heavy (non-hydrogen) atoms. The van der Waals surface area contributed by atoms with Crippen molar-refractivity contribution in [3.05, 3.63) is 18.0 Å². The minimum atomic E-state index is 1.00. The first-order chi connectivity index (χ1) is 2.43. The Hall–Kier alpha value is -0.680. The van der Waals surface area contributed by atoms with Crippen LogP contribution in [0.15, 0.2) is 18.0 Å². The van der Waals surface area contributed by atoms with Crippen LogP contribution >= 0.6 is 0 Å². The summed E-state index contributed by atoms with van der Waals surface area (Å²) in [6.07, 6.45) is 0. The third-order valence-corrected chi connectivity index (χ3v) is 0.567. The van der Waals surface area contributed by atoms with Crippen LogP contribution in [0.1, 0.15) is 0 Å². The lowest BCUT2D eigenvalue weighted by Crippen LogP contribution is -1.56. The van der Waals surface area contributed by atoms with E-state index in [9.17, 15) is 0 Å². The van der Waals surface area contributed by atoms with Gasteiger partial charge in [0.1, 0.15) is 0 Å². The van der Waals surface area contributed by atoms with Crippen molar-refractivity contribution in [2.24, 2.45) is 0 Å². The molecule has 1 saturated heterocycles. The van der Waals surface area contributed by atoms with Crippen LogP contribution in [0.2, 0.25) is 0 Å². The van der Waals surface area contributed by atoms with Crippen LogP contribution in [0.5, 0.6) is 0 Å². The molecule has 0 unspecified atom stereocenters. The van der Waals surface area contributed by atoms with Crippen molar-refractivity contribution < 1.29 is 0 Å². The minimum absolute atomic E-state index is 1.00. The maximum absolute atomic E-state index is 3.40. The van der Waals surface area contributed by atoms with E-state index in [1.165, 1.54) is 0 Å². The fourth-order valence-electron chi connectivity index (χ4n) is 0.169. The molecular formula is C4H5N. The lowest BCUT2D eigenvalue weighted by Gasteiger charge is -1.42. The number of hydrogen-bond acceptors (Lipinski definition) is 1. The summed E-state index contributed by atoms with van der Waals surface area (Å²) in [5.74, 6) is 0. The monoisotopic (exact) mass is 67.0 g/mol. The average molecular weight is 67.1 g/mol. The number of rotatable bonds is 0. The predicted molar refractivity (Wildman–Crippen MR) is 20.7 cm³/mol. The van der Waals surface area contributed by atoms with E-state index in [0.717, 1.165) is 12.2 Å². The number of nitrogens with one attached hydrogen (secondary N) is 1. The quantitative estimate of drug-likeness (QED) is 0.318. The van der Waals surface area contributed by atoms with Gasteiger partial charge in [0, 0.05) is 0 Å². The summed E-state index contributed by atoms with van der Waals surface area (Å²) in [5.41, 5.74) is 3.84. The molecule has 0 bridgehead atoms. The Balaban J connectivity index is 2.80. The standard InChI is InChI=1S/C4H5N/c1-2-4-3-5-4/h5H,1,3H2. The maximum Gasteiger partial charge on any atom is 0.0730 e. The summed E-state index contributed by atoms with van der Waals surface area (Å²) < 4.78 is 0. The third-order valence-electron chi connectivity index (χ3n) is 0.567. The van der Waals surface area contributed by atoms with Gasteiger partial charge in [0.25, 0.3) is 0 Å². The predicted octanol–water partition coefficient (Wildman–Crippen LogP) is 0.258. The largest absolute Gasteiger partial charge is 0.374 e. The second-order valence-electron chi connectivity index (χ2n) is 1.01. The molecule has 1 fully saturated rings. The molecule has 1 aliphatic rings. The Morgan fingerprint density at radius 2 is 2.60 bits per heavy atom. The fourth-order valence-corrected chi connectivity index (χ4v) is 0.169. The molecule has 1 aliphatic heterocycles. The molecule has 1 heterocycles. The van der Waals surface area contributed by atoms with Crippen molar-refractivity contribution in [1.82, 2.24) is 5.32 Å². The van der Waals surface area contributed by atoms with Gasteiger partial charge in [0.2, 0.25) is 0 Å². The Morgan fingerprint density at radius 1 is 2.00 bits per heavy atom. The third kappa shape index (κ3) is 0.310. The minimum Gasteiger partial charge on any atom is -0.374 e. The Labute approximate surface area is 31.0 Å². The molecular weight excluding hydrogens is 62.1 g/mol. The highest BCUT2D eigenvalue weighted by atomic mass is 15.0. The molecule has 1 heteroatoms.